The van der Waals surface area contributed by atoms with Gasteiger partial charge in [0.25, 0.3) is 0 Å². The van der Waals surface area contributed by atoms with Gasteiger partial charge >= 0.3 is 0 Å². The molecule has 0 spiro atoms. The first-order valence-electron chi connectivity index (χ1n) is 5.39. The lowest BCUT2D eigenvalue weighted by Crippen LogP contribution is -2.61. The number of rotatable bonds is 3. The molecule has 0 amide bonds. The molecule has 2 aliphatic heterocycles. The second-order valence-electron chi connectivity index (χ2n) is 4.27. The van der Waals surface area contributed by atoms with Gasteiger partial charge in [-0.1, -0.05) is 0 Å². The molecular formula is C10H20N2O2. The van der Waals surface area contributed by atoms with Gasteiger partial charge in [-0.2, -0.15) is 0 Å². The van der Waals surface area contributed by atoms with Crippen molar-refractivity contribution in [2.24, 2.45) is 0 Å². The fraction of sp³-hybridized carbons (Fsp3) is 1.00. The number of nitrogens with one attached hydrogen (secondary N) is 1. The summed E-state index contributed by atoms with van der Waals surface area (Å²) in [6.45, 7) is 6.62. The lowest BCUT2D eigenvalue weighted by molar-refractivity contribution is -0.138. The van der Waals surface area contributed by atoms with Gasteiger partial charge in [-0.25, -0.2) is 0 Å². The Labute approximate surface area is 85.5 Å². The summed E-state index contributed by atoms with van der Waals surface area (Å²) in [5, 5.41) is 3.28. The smallest absolute Gasteiger partial charge is 0.0645 e. The minimum Gasteiger partial charge on any atom is -0.378 e. The minimum absolute atomic E-state index is 0.471. The van der Waals surface area contributed by atoms with E-state index in [-0.39, 0.29) is 0 Å². The number of hydrogen-bond acceptors (Lipinski definition) is 4. The molecule has 1 N–H and O–H groups in total. The van der Waals surface area contributed by atoms with Crippen LogP contribution >= 0.6 is 0 Å². The summed E-state index contributed by atoms with van der Waals surface area (Å²) in [6, 6.07) is 1.48. The molecule has 14 heavy (non-hydrogen) atoms. The summed E-state index contributed by atoms with van der Waals surface area (Å²) < 4.78 is 11.1. The molecule has 0 unspecified atom stereocenters. The van der Waals surface area contributed by atoms with Crippen molar-refractivity contribution < 1.29 is 9.47 Å². The molecule has 0 aromatic heterocycles. The highest BCUT2D eigenvalue weighted by molar-refractivity contribution is 4.88. The molecule has 0 saturated carbocycles. The van der Waals surface area contributed by atoms with Crippen molar-refractivity contribution in [3.05, 3.63) is 0 Å². The van der Waals surface area contributed by atoms with Gasteiger partial charge in [0.15, 0.2) is 0 Å². The van der Waals surface area contributed by atoms with Gasteiger partial charge in [0.2, 0.25) is 0 Å². The van der Waals surface area contributed by atoms with Crippen LogP contribution in [0.25, 0.3) is 0 Å². The van der Waals surface area contributed by atoms with Gasteiger partial charge < -0.3 is 14.8 Å². The predicted molar refractivity (Wildman–Crippen MR) is 54.4 cm³/mol. The van der Waals surface area contributed by atoms with Gasteiger partial charge in [-0.15, -0.1) is 0 Å². The lowest BCUT2D eigenvalue weighted by atomic mass is 10.1. The standard InChI is InChI=1S/C10H20N2O2/c1-8(11-2)3-12-9-4-13-6-10(12)7-14-5-9/h8-11H,3-7H2,1-2H3/t8-,9?,10?/m0/s1. The molecule has 2 saturated heterocycles. The zero-order chi connectivity index (χ0) is 9.97. The first-order chi connectivity index (χ1) is 6.81. The van der Waals surface area contributed by atoms with E-state index in [1.165, 1.54) is 0 Å². The topological polar surface area (TPSA) is 33.7 Å². The second kappa shape index (κ2) is 4.57. The van der Waals surface area contributed by atoms with Crippen LogP contribution in [0, 0.1) is 0 Å². The normalized spacial score (nSPS) is 35.6. The number of likely N-dealkylation sites (N-methyl/N-ethyl adjacent to an activating group) is 1. The Balaban J connectivity index is 1.94. The van der Waals surface area contributed by atoms with Gasteiger partial charge in [-0.05, 0) is 14.0 Å². The molecule has 82 valence electrons. The van der Waals surface area contributed by atoms with Crippen molar-refractivity contribution >= 4 is 0 Å². The molecule has 0 aromatic carbocycles. The van der Waals surface area contributed by atoms with E-state index in [1.807, 2.05) is 7.05 Å². The zero-order valence-electron chi connectivity index (χ0n) is 9.03. The highest BCUT2D eigenvalue weighted by Gasteiger charge is 2.35. The summed E-state index contributed by atoms with van der Waals surface area (Å²) in [5.41, 5.74) is 0. The zero-order valence-corrected chi connectivity index (χ0v) is 9.03. The average Bonchev–Trinajstić information content (AvgIpc) is 2.17. The Bertz CT molecular complexity index is 167. The third-order valence-electron chi connectivity index (χ3n) is 3.16. The maximum Gasteiger partial charge on any atom is 0.0645 e. The number of morpholine rings is 2. The predicted octanol–water partition coefficient (Wildman–Crippen LogP) is -0.306. The molecule has 0 aromatic rings. The largest absolute Gasteiger partial charge is 0.378 e. The van der Waals surface area contributed by atoms with E-state index in [1.54, 1.807) is 0 Å². The van der Waals surface area contributed by atoms with Crippen molar-refractivity contribution in [1.82, 2.24) is 10.2 Å². The van der Waals surface area contributed by atoms with Crippen molar-refractivity contribution in [3.63, 3.8) is 0 Å². The maximum absolute atomic E-state index is 5.54. The Morgan fingerprint density at radius 1 is 1.21 bits per heavy atom. The highest BCUT2D eigenvalue weighted by Crippen LogP contribution is 2.19. The molecule has 2 heterocycles. The Hall–Kier alpha value is -0.160. The highest BCUT2D eigenvalue weighted by atomic mass is 16.5. The molecular weight excluding hydrogens is 180 g/mol. The Kier molecular flexibility index (Phi) is 3.38. The van der Waals surface area contributed by atoms with Crippen LogP contribution in [0.2, 0.25) is 0 Å². The van der Waals surface area contributed by atoms with E-state index in [0.717, 1.165) is 33.0 Å². The van der Waals surface area contributed by atoms with Crippen molar-refractivity contribution in [2.75, 3.05) is 40.0 Å². The van der Waals surface area contributed by atoms with Crippen molar-refractivity contribution in [1.29, 1.82) is 0 Å². The first kappa shape index (κ1) is 10.4. The molecule has 0 radical (unpaired) electrons. The fourth-order valence-electron chi connectivity index (χ4n) is 2.16. The van der Waals surface area contributed by atoms with Gasteiger partial charge in [0.05, 0.1) is 38.5 Å². The van der Waals surface area contributed by atoms with E-state index < -0.39 is 0 Å². The van der Waals surface area contributed by atoms with E-state index in [9.17, 15) is 0 Å². The number of hydrogen-bond donors (Lipinski definition) is 1. The first-order valence-corrected chi connectivity index (χ1v) is 5.39. The summed E-state index contributed by atoms with van der Waals surface area (Å²) in [7, 11) is 2.01. The summed E-state index contributed by atoms with van der Waals surface area (Å²) >= 11 is 0. The van der Waals surface area contributed by atoms with Crippen LogP contribution in [-0.4, -0.2) is 63.0 Å². The third-order valence-corrected chi connectivity index (χ3v) is 3.16. The molecule has 2 bridgehead atoms. The quantitative estimate of drug-likeness (QED) is 0.678. The van der Waals surface area contributed by atoms with Crippen LogP contribution in [0.3, 0.4) is 0 Å². The van der Waals surface area contributed by atoms with Crippen LogP contribution in [0.4, 0.5) is 0 Å². The van der Waals surface area contributed by atoms with Crippen molar-refractivity contribution in [2.45, 2.75) is 25.0 Å². The SMILES string of the molecule is CN[C@@H](C)CN1C2COCC1COC2. The Morgan fingerprint density at radius 2 is 1.71 bits per heavy atom. The Morgan fingerprint density at radius 3 is 2.14 bits per heavy atom. The maximum atomic E-state index is 5.54. The van der Waals surface area contributed by atoms with E-state index in [4.69, 9.17) is 9.47 Å². The molecule has 2 aliphatic rings. The number of ether oxygens (including phenoxy) is 2. The van der Waals surface area contributed by atoms with E-state index in [0.29, 0.717) is 18.1 Å². The number of nitrogens with zero attached hydrogens (tertiary/aromatic N) is 1. The summed E-state index contributed by atoms with van der Waals surface area (Å²) in [4.78, 5) is 2.54. The van der Waals surface area contributed by atoms with Gasteiger partial charge in [-0.3, -0.25) is 4.90 Å². The monoisotopic (exact) mass is 200 g/mol. The molecule has 1 atom stereocenters. The minimum atomic E-state index is 0.471. The molecule has 2 fully saturated rings. The van der Waals surface area contributed by atoms with Crippen LogP contribution in [-0.2, 0) is 9.47 Å². The van der Waals surface area contributed by atoms with E-state index in [2.05, 4.69) is 17.1 Å². The van der Waals surface area contributed by atoms with Crippen LogP contribution in [0.5, 0.6) is 0 Å². The summed E-state index contributed by atoms with van der Waals surface area (Å²) in [6.07, 6.45) is 0. The van der Waals surface area contributed by atoms with Crippen LogP contribution in [0.15, 0.2) is 0 Å². The molecule has 0 aliphatic carbocycles. The molecule has 2 rings (SSSR count). The van der Waals surface area contributed by atoms with Crippen LogP contribution < -0.4 is 5.32 Å². The summed E-state index contributed by atoms with van der Waals surface area (Å²) in [5.74, 6) is 0. The second-order valence-corrected chi connectivity index (χ2v) is 4.27. The fourth-order valence-corrected chi connectivity index (χ4v) is 2.16. The third kappa shape index (κ3) is 2.08. The average molecular weight is 200 g/mol. The van der Waals surface area contributed by atoms with E-state index >= 15 is 0 Å². The van der Waals surface area contributed by atoms with Gasteiger partial charge in [0, 0.05) is 12.6 Å². The van der Waals surface area contributed by atoms with Gasteiger partial charge in [0.1, 0.15) is 0 Å². The number of fused-ring (bicyclic) bond motifs is 2. The van der Waals surface area contributed by atoms with Crippen LogP contribution in [0.1, 0.15) is 6.92 Å². The van der Waals surface area contributed by atoms with Crippen molar-refractivity contribution in [3.8, 4) is 0 Å². The molecule has 4 nitrogen and oxygen atoms in total. The lowest BCUT2D eigenvalue weighted by Gasteiger charge is -2.46. The molecule has 4 heteroatoms.